The van der Waals surface area contributed by atoms with Crippen molar-refractivity contribution in [3.05, 3.63) is 28.2 Å². The minimum absolute atomic E-state index is 0.0536. The molecule has 18 heavy (non-hydrogen) atoms. The number of ketones is 1. The number of halogens is 1. The van der Waals surface area contributed by atoms with Crippen molar-refractivity contribution in [2.75, 3.05) is 19.8 Å². The van der Waals surface area contributed by atoms with Gasteiger partial charge in [-0.15, -0.1) is 0 Å². The first-order valence-corrected chi connectivity index (χ1v) is 6.97. The van der Waals surface area contributed by atoms with Crippen LogP contribution in [-0.4, -0.2) is 25.6 Å². The Morgan fingerprint density at radius 3 is 2.78 bits per heavy atom. The maximum absolute atomic E-state index is 11.3. The number of carbonyl (C=O) groups is 1. The second-order valence-corrected chi connectivity index (χ2v) is 5.42. The van der Waals surface area contributed by atoms with Crippen molar-refractivity contribution in [1.29, 1.82) is 0 Å². The summed E-state index contributed by atoms with van der Waals surface area (Å²) in [7, 11) is 0. The maximum atomic E-state index is 11.3. The molecule has 1 aromatic rings. The molecule has 0 N–H and O–H groups in total. The van der Waals surface area contributed by atoms with Gasteiger partial charge in [0, 0.05) is 23.2 Å². The highest BCUT2D eigenvalue weighted by atomic mass is 79.9. The molecule has 0 aliphatic carbocycles. The van der Waals surface area contributed by atoms with Crippen molar-refractivity contribution in [3.8, 4) is 5.75 Å². The quantitative estimate of drug-likeness (QED) is 0.799. The van der Waals surface area contributed by atoms with E-state index in [4.69, 9.17) is 9.47 Å². The lowest BCUT2D eigenvalue weighted by Gasteiger charge is -2.22. The number of hydrogen-bond acceptors (Lipinski definition) is 3. The second kappa shape index (κ2) is 6.34. The molecule has 2 rings (SSSR count). The number of carbonyl (C=O) groups excluding carboxylic acids is 1. The van der Waals surface area contributed by atoms with Crippen LogP contribution in [0.15, 0.2) is 22.7 Å². The number of benzene rings is 1. The van der Waals surface area contributed by atoms with Gasteiger partial charge in [0.05, 0.1) is 6.61 Å². The molecule has 1 heterocycles. The van der Waals surface area contributed by atoms with Crippen molar-refractivity contribution in [3.63, 3.8) is 0 Å². The topological polar surface area (TPSA) is 35.5 Å². The van der Waals surface area contributed by atoms with Crippen LogP contribution < -0.4 is 4.74 Å². The molecule has 1 aliphatic heterocycles. The van der Waals surface area contributed by atoms with Gasteiger partial charge in [0.1, 0.15) is 5.75 Å². The lowest BCUT2D eigenvalue weighted by molar-refractivity contribution is 0.0497. The highest BCUT2D eigenvalue weighted by Gasteiger charge is 2.14. The zero-order chi connectivity index (χ0) is 13.0. The number of hydrogen-bond donors (Lipinski definition) is 0. The van der Waals surface area contributed by atoms with E-state index in [1.807, 2.05) is 12.1 Å². The Hall–Kier alpha value is -0.870. The van der Waals surface area contributed by atoms with Gasteiger partial charge >= 0.3 is 0 Å². The molecule has 0 spiro atoms. The van der Waals surface area contributed by atoms with Gasteiger partial charge in [-0.3, -0.25) is 4.79 Å². The highest BCUT2D eigenvalue weighted by Crippen LogP contribution is 2.24. The molecule has 3 nitrogen and oxygen atoms in total. The Bertz CT molecular complexity index is 425. The first-order chi connectivity index (χ1) is 8.66. The highest BCUT2D eigenvalue weighted by molar-refractivity contribution is 9.10. The van der Waals surface area contributed by atoms with Crippen molar-refractivity contribution in [2.45, 2.75) is 19.8 Å². The van der Waals surface area contributed by atoms with Crippen LogP contribution in [0.2, 0.25) is 0 Å². The van der Waals surface area contributed by atoms with Crippen molar-refractivity contribution in [2.24, 2.45) is 5.92 Å². The fraction of sp³-hybridized carbons (Fsp3) is 0.500. The first-order valence-electron chi connectivity index (χ1n) is 6.18. The third kappa shape index (κ3) is 3.56. The molecular weight excluding hydrogens is 296 g/mol. The zero-order valence-electron chi connectivity index (χ0n) is 10.4. The van der Waals surface area contributed by atoms with E-state index >= 15 is 0 Å². The molecule has 0 saturated carbocycles. The van der Waals surface area contributed by atoms with Crippen LogP contribution in [0.3, 0.4) is 0 Å². The van der Waals surface area contributed by atoms with E-state index in [2.05, 4.69) is 15.9 Å². The Balaban J connectivity index is 1.93. The minimum atomic E-state index is 0.0536. The van der Waals surface area contributed by atoms with E-state index in [0.29, 0.717) is 11.5 Å². The van der Waals surface area contributed by atoms with Gasteiger partial charge in [0.25, 0.3) is 0 Å². The van der Waals surface area contributed by atoms with Gasteiger partial charge in [0.15, 0.2) is 5.78 Å². The van der Waals surface area contributed by atoms with Crippen molar-refractivity contribution in [1.82, 2.24) is 0 Å². The van der Waals surface area contributed by atoms with Crippen molar-refractivity contribution < 1.29 is 14.3 Å². The van der Waals surface area contributed by atoms with Gasteiger partial charge in [0.2, 0.25) is 0 Å². The predicted octanol–water partition coefficient (Wildman–Crippen LogP) is 3.46. The Morgan fingerprint density at radius 1 is 1.44 bits per heavy atom. The normalized spacial score (nSPS) is 16.6. The van der Waals surface area contributed by atoms with E-state index < -0.39 is 0 Å². The molecule has 1 fully saturated rings. The van der Waals surface area contributed by atoms with E-state index in [1.165, 1.54) is 0 Å². The maximum Gasteiger partial charge on any atom is 0.160 e. The molecule has 0 atom stereocenters. The van der Waals surface area contributed by atoms with Gasteiger partial charge in [-0.1, -0.05) is 0 Å². The molecule has 1 aromatic carbocycles. The molecule has 0 amide bonds. The summed E-state index contributed by atoms with van der Waals surface area (Å²) in [6.45, 7) is 3.94. The van der Waals surface area contributed by atoms with Crippen LogP contribution in [0, 0.1) is 5.92 Å². The van der Waals surface area contributed by atoms with Gasteiger partial charge in [-0.2, -0.15) is 0 Å². The number of rotatable bonds is 4. The molecule has 98 valence electrons. The van der Waals surface area contributed by atoms with Crippen LogP contribution >= 0.6 is 15.9 Å². The van der Waals surface area contributed by atoms with Gasteiger partial charge < -0.3 is 9.47 Å². The van der Waals surface area contributed by atoms with E-state index in [-0.39, 0.29) is 5.78 Å². The second-order valence-electron chi connectivity index (χ2n) is 4.56. The lowest BCUT2D eigenvalue weighted by atomic mass is 10.0. The Morgan fingerprint density at radius 2 is 2.17 bits per heavy atom. The Kier molecular flexibility index (Phi) is 4.78. The average Bonchev–Trinajstić information content (AvgIpc) is 2.37. The minimum Gasteiger partial charge on any atom is -0.493 e. The summed E-state index contributed by atoms with van der Waals surface area (Å²) in [4.78, 5) is 11.3. The first kappa shape index (κ1) is 13.6. The summed E-state index contributed by atoms with van der Waals surface area (Å²) in [5, 5.41) is 0. The molecule has 4 heteroatoms. The monoisotopic (exact) mass is 312 g/mol. The standard InChI is InChI=1S/C14H17BrO3/c1-10(16)13-3-2-12(8-14(13)15)18-9-11-4-6-17-7-5-11/h2-3,8,11H,4-7,9H2,1H3. The third-order valence-corrected chi connectivity index (χ3v) is 3.80. The molecule has 0 bridgehead atoms. The summed E-state index contributed by atoms with van der Waals surface area (Å²) in [6, 6.07) is 5.50. The summed E-state index contributed by atoms with van der Waals surface area (Å²) in [6.07, 6.45) is 2.12. The molecular formula is C14H17BrO3. The molecule has 1 saturated heterocycles. The predicted molar refractivity (Wildman–Crippen MR) is 73.2 cm³/mol. The summed E-state index contributed by atoms with van der Waals surface area (Å²) >= 11 is 3.39. The Labute approximate surface area is 116 Å². The SMILES string of the molecule is CC(=O)c1ccc(OCC2CCOCC2)cc1Br. The third-order valence-electron chi connectivity index (χ3n) is 3.15. The molecule has 0 radical (unpaired) electrons. The van der Waals surface area contributed by atoms with Gasteiger partial charge in [-0.25, -0.2) is 0 Å². The summed E-state index contributed by atoms with van der Waals surface area (Å²) in [5.41, 5.74) is 0.688. The van der Waals surface area contributed by atoms with Crippen molar-refractivity contribution >= 4 is 21.7 Å². The van der Waals surface area contributed by atoms with E-state index in [1.54, 1.807) is 13.0 Å². The average molecular weight is 313 g/mol. The number of Topliss-reactive ketones (excluding diaryl/α,β-unsaturated/α-hetero) is 1. The molecule has 1 aliphatic rings. The van der Waals surface area contributed by atoms with Crippen LogP contribution in [0.5, 0.6) is 5.75 Å². The smallest absolute Gasteiger partial charge is 0.160 e. The fourth-order valence-electron chi connectivity index (χ4n) is 2.00. The summed E-state index contributed by atoms with van der Waals surface area (Å²) in [5.74, 6) is 1.43. The molecule has 0 aromatic heterocycles. The van der Waals surface area contributed by atoms with E-state index in [0.717, 1.165) is 42.9 Å². The summed E-state index contributed by atoms with van der Waals surface area (Å²) < 4.78 is 11.9. The largest absolute Gasteiger partial charge is 0.493 e. The van der Waals surface area contributed by atoms with Crippen LogP contribution in [0.4, 0.5) is 0 Å². The number of ether oxygens (including phenoxy) is 2. The fourth-order valence-corrected chi connectivity index (χ4v) is 2.64. The van der Waals surface area contributed by atoms with Gasteiger partial charge in [-0.05, 0) is 59.8 Å². The van der Waals surface area contributed by atoms with Crippen LogP contribution in [0.1, 0.15) is 30.1 Å². The molecule has 0 unspecified atom stereocenters. The zero-order valence-corrected chi connectivity index (χ0v) is 12.0. The van der Waals surface area contributed by atoms with Crippen LogP contribution in [0.25, 0.3) is 0 Å². The van der Waals surface area contributed by atoms with E-state index in [9.17, 15) is 4.79 Å². The van der Waals surface area contributed by atoms with Crippen LogP contribution in [-0.2, 0) is 4.74 Å². The lowest BCUT2D eigenvalue weighted by Crippen LogP contribution is -2.21.